The van der Waals surface area contributed by atoms with E-state index in [9.17, 15) is 29.6 Å². The summed E-state index contributed by atoms with van der Waals surface area (Å²) in [6, 6.07) is 2.93. The quantitative estimate of drug-likeness (QED) is 0.452. The summed E-state index contributed by atoms with van der Waals surface area (Å²) < 4.78 is 0. The average Bonchev–Trinajstić information content (AvgIpc) is 2.50. The van der Waals surface area contributed by atoms with E-state index < -0.39 is 41.8 Å². The van der Waals surface area contributed by atoms with Gasteiger partial charge in [-0.15, -0.1) is 0 Å². The smallest absolute Gasteiger partial charge is 0.326 e. The maximum absolute atomic E-state index is 11.9. The number of non-ortho nitro benzene ring substituents is 1. The summed E-state index contributed by atoms with van der Waals surface area (Å²) in [5.41, 5.74) is -0.255. The molecule has 10 nitrogen and oxygen atoms in total. The van der Waals surface area contributed by atoms with Gasteiger partial charge in [0.1, 0.15) is 12.6 Å². The largest absolute Gasteiger partial charge is 0.481 e. The van der Waals surface area contributed by atoms with Crippen molar-refractivity contribution in [2.24, 2.45) is 0 Å². The molecule has 0 aliphatic carbocycles. The van der Waals surface area contributed by atoms with Crippen LogP contribution in [0.1, 0.15) is 12.8 Å². The third kappa shape index (κ3) is 4.74. The van der Waals surface area contributed by atoms with Gasteiger partial charge in [-0.3, -0.25) is 24.6 Å². The number of benzene rings is 1. The molecule has 0 bridgehead atoms. The number of rotatable bonds is 8. The minimum absolute atomic E-state index is 0.00689. The predicted octanol–water partition coefficient (Wildman–Crippen LogP) is 0.238. The van der Waals surface area contributed by atoms with E-state index in [0.29, 0.717) is 0 Å². The summed E-state index contributed by atoms with van der Waals surface area (Å²) in [6.45, 7) is -0.992. The monoisotopic (exact) mass is 326 g/mol. The highest BCUT2D eigenvalue weighted by Gasteiger charge is 2.31. The van der Waals surface area contributed by atoms with Gasteiger partial charge in [-0.2, -0.15) is 0 Å². The highest BCUT2D eigenvalue weighted by molar-refractivity contribution is 5.99. The Balaban J connectivity index is 3.19. The van der Waals surface area contributed by atoms with Gasteiger partial charge in [0, 0.05) is 24.2 Å². The number of carboxylic acids is 2. The maximum atomic E-state index is 11.9. The van der Waals surface area contributed by atoms with Crippen LogP contribution in [-0.4, -0.2) is 50.7 Å². The fraction of sp³-hybridized carbons (Fsp3) is 0.308. The Kier molecular flexibility index (Phi) is 6.15. The lowest BCUT2D eigenvalue weighted by Crippen LogP contribution is -2.47. The van der Waals surface area contributed by atoms with Gasteiger partial charge in [0.25, 0.3) is 11.6 Å². The molecule has 1 atom stereocenters. The summed E-state index contributed by atoms with van der Waals surface area (Å²) in [7, 11) is 0. The second kappa shape index (κ2) is 7.84. The number of amides is 1. The third-order valence-corrected chi connectivity index (χ3v) is 2.97. The average molecular weight is 326 g/mol. The van der Waals surface area contributed by atoms with Gasteiger partial charge >= 0.3 is 11.9 Å². The van der Waals surface area contributed by atoms with Crippen molar-refractivity contribution in [2.75, 3.05) is 11.5 Å². The number of aliphatic hydroxyl groups is 1. The van der Waals surface area contributed by atoms with E-state index in [4.69, 9.17) is 10.2 Å². The lowest BCUT2D eigenvalue weighted by atomic mass is 10.1. The van der Waals surface area contributed by atoms with Crippen molar-refractivity contribution in [1.29, 1.82) is 0 Å². The van der Waals surface area contributed by atoms with Crippen molar-refractivity contribution < 1.29 is 34.6 Å². The molecule has 0 radical (unpaired) electrons. The summed E-state index contributed by atoms with van der Waals surface area (Å²) in [6.07, 6.45) is -0.882. The van der Waals surface area contributed by atoms with Crippen molar-refractivity contribution in [1.82, 2.24) is 0 Å². The minimum atomic E-state index is -1.52. The van der Waals surface area contributed by atoms with Crippen molar-refractivity contribution in [3.05, 3.63) is 34.4 Å². The number of nitro benzene ring substituents is 1. The van der Waals surface area contributed by atoms with Gasteiger partial charge < -0.3 is 15.3 Å². The zero-order chi connectivity index (χ0) is 17.6. The van der Waals surface area contributed by atoms with Gasteiger partial charge in [0.15, 0.2) is 0 Å². The summed E-state index contributed by atoms with van der Waals surface area (Å²) >= 11 is 0. The SMILES string of the molecule is O=C(O)CCC(C(=O)O)N(C(=O)CO)c1ccc([N+](=O)[O-])cc1. The van der Waals surface area contributed by atoms with Crippen LogP contribution in [0.25, 0.3) is 0 Å². The molecule has 0 heterocycles. The van der Waals surface area contributed by atoms with Crippen LogP contribution in [0.3, 0.4) is 0 Å². The molecular formula is C13H14N2O8. The van der Waals surface area contributed by atoms with Crippen LogP contribution < -0.4 is 4.90 Å². The lowest BCUT2D eigenvalue weighted by molar-refractivity contribution is -0.384. The minimum Gasteiger partial charge on any atom is -0.481 e. The van der Waals surface area contributed by atoms with Crippen LogP contribution in [0.2, 0.25) is 0 Å². The summed E-state index contributed by atoms with van der Waals surface area (Å²) in [5, 5.41) is 37.5. The number of aliphatic hydroxyl groups excluding tert-OH is 1. The van der Waals surface area contributed by atoms with Crippen molar-refractivity contribution >= 4 is 29.2 Å². The van der Waals surface area contributed by atoms with Crippen molar-refractivity contribution in [3.8, 4) is 0 Å². The second-order valence-electron chi connectivity index (χ2n) is 4.48. The number of nitro groups is 1. The molecule has 1 aromatic rings. The Hall–Kier alpha value is -3.01. The fourth-order valence-corrected chi connectivity index (χ4v) is 1.93. The van der Waals surface area contributed by atoms with Crippen molar-refractivity contribution in [3.63, 3.8) is 0 Å². The first kappa shape index (κ1) is 18.0. The molecule has 23 heavy (non-hydrogen) atoms. The Labute approximate surface area is 129 Å². The van der Waals surface area contributed by atoms with Gasteiger partial charge in [0.2, 0.25) is 0 Å². The van der Waals surface area contributed by atoms with E-state index in [-0.39, 0.29) is 17.8 Å². The molecule has 0 aromatic heterocycles. The predicted molar refractivity (Wildman–Crippen MR) is 76.0 cm³/mol. The van der Waals surface area contributed by atoms with E-state index in [1.807, 2.05) is 0 Å². The molecule has 3 N–H and O–H groups in total. The van der Waals surface area contributed by atoms with Crippen LogP contribution in [0.5, 0.6) is 0 Å². The molecule has 1 rings (SSSR count). The first-order valence-electron chi connectivity index (χ1n) is 6.40. The number of carboxylic acid groups (broad SMARTS) is 2. The summed E-state index contributed by atoms with van der Waals surface area (Å²) in [5.74, 6) is -3.65. The zero-order valence-electron chi connectivity index (χ0n) is 11.8. The van der Waals surface area contributed by atoms with Crippen LogP contribution in [-0.2, 0) is 14.4 Å². The molecule has 0 aliphatic rings. The highest BCUT2D eigenvalue weighted by Crippen LogP contribution is 2.23. The van der Waals surface area contributed by atoms with Gasteiger partial charge in [0.05, 0.1) is 4.92 Å². The van der Waals surface area contributed by atoms with Crippen LogP contribution in [0.15, 0.2) is 24.3 Å². The zero-order valence-corrected chi connectivity index (χ0v) is 11.8. The third-order valence-electron chi connectivity index (χ3n) is 2.97. The molecular weight excluding hydrogens is 312 g/mol. The molecule has 0 spiro atoms. The van der Waals surface area contributed by atoms with E-state index >= 15 is 0 Å². The van der Waals surface area contributed by atoms with E-state index in [2.05, 4.69) is 0 Å². The van der Waals surface area contributed by atoms with E-state index in [0.717, 1.165) is 29.2 Å². The number of hydrogen-bond acceptors (Lipinski definition) is 6. The normalized spacial score (nSPS) is 11.5. The van der Waals surface area contributed by atoms with Crippen LogP contribution >= 0.6 is 0 Å². The number of anilines is 1. The number of nitrogens with zero attached hydrogens (tertiary/aromatic N) is 2. The molecule has 0 saturated heterocycles. The topological polar surface area (TPSA) is 158 Å². The molecule has 124 valence electrons. The molecule has 0 saturated carbocycles. The molecule has 1 aromatic carbocycles. The van der Waals surface area contributed by atoms with E-state index in [1.54, 1.807) is 0 Å². The first-order valence-corrected chi connectivity index (χ1v) is 6.40. The Morgan fingerprint density at radius 3 is 2.13 bits per heavy atom. The molecule has 0 aliphatic heterocycles. The Morgan fingerprint density at radius 2 is 1.74 bits per heavy atom. The summed E-state index contributed by atoms with van der Waals surface area (Å²) in [4.78, 5) is 44.5. The highest BCUT2D eigenvalue weighted by atomic mass is 16.6. The molecule has 1 amide bonds. The van der Waals surface area contributed by atoms with Crippen LogP contribution in [0.4, 0.5) is 11.4 Å². The van der Waals surface area contributed by atoms with Gasteiger partial charge in [-0.1, -0.05) is 0 Å². The number of carbonyl (C=O) groups is 3. The lowest BCUT2D eigenvalue weighted by Gasteiger charge is -2.28. The van der Waals surface area contributed by atoms with Crippen molar-refractivity contribution in [2.45, 2.75) is 18.9 Å². The second-order valence-corrected chi connectivity index (χ2v) is 4.48. The standard InChI is InChI=1S/C13H14N2O8/c16-7-11(17)14(10(13(20)21)5-6-12(18)19)8-1-3-9(4-2-8)15(22)23/h1-4,10,16H,5-7H2,(H,18,19)(H,20,21). The maximum Gasteiger partial charge on any atom is 0.326 e. The number of hydrogen-bond donors (Lipinski definition) is 3. The molecule has 1 unspecified atom stereocenters. The number of aliphatic carboxylic acids is 2. The van der Waals surface area contributed by atoms with Crippen LogP contribution in [0, 0.1) is 10.1 Å². The fourth-order valence-electron chi connectivity index (χ4n) is 1.93. The number of carbonyl (C=O) groups excluding carboxylic acids is 1. The first-order chi connectivity index (χ1) is 10.8. The van der Waals surface area contributed by atoms with E-state index in [1.165, 1.54) is 0 Å². The Morgan fingerprint density at radius 1 is 1.17 bits per heavy atom. The van der Waals surface area contributed by atoms with Gasteiger partial charge in [-0.25, -0.2) is 4.79 Å². The Bertz CT molecular complexity index is 613. The molecule has 10 heteroatoms. The molecule has 0 fully saturated rings. The van der Waals surface area contributed by atoms with Gasteiger partial charge in [-0.05, 0) is 18.6 Å².